The van der Waals surface area contributed by atoms with E-state index in [1.165, 1.54) is 0 Å². The molecule has 2 nitrogen and oxygen atoms in total. The Morgan fingerprint density at radius 2 is 2.00 bits per heavy atom. The molecule has 2 rings (SSSR count). The third-order valence-corrected chi connectivity index (χ3v) is 2.09. The minimum Gasteiger partial charge on any atom is -0.383 e. The first kappa shape index (κ1) is 7.43. The van der Waals surface area contributed by atoms with Crippen LogP contribution in [0.3, 0.4) is 0 Å². The molecule has 2 N–H and O–H groups in total. The summed E-state index contributed by atoms with van der Waals surface area (Å²) in [7, 11) is 0. The van der Waals surface area contributed by atoms with Gasteiger partial charge < -0.3 is 5.73 Å². The minimum atomic E-state index is 0.483. The van der Waals surface area contributed by atoms with Gasteiger partial charge in [-0.05, 0) is 12.1 Å². The Bertz CT molecular complexity index is 385. The van der Waals surface area contributed by atoms with Crippen LogP contribution in [0.25, 0.3) is 10.9 Å². The number of hydrogen-bond acceptors (Lipinski definition) is 3. The third-order valence-electron chi connectivity index (χ3n) is 1.73. The van der Waals surface area contributed by atoms with Gasteiger partial charge in [0.1, 0.15) is 5.82 Å². The van der Waals surface area contributed by atoms with E-state index in [-0.39, 0.29) is 0 Å². The third kappa shape index (κ3) is 1.12. The van der Waals surface area contributed by atoms with Gasteiger partial charge in [-0.15, -0.1) is 12.6 Å². The van der Waals surface area contributed by atoms with Crippen molar-refractivity contribution in [2.45, 2.75) is 4.90 Å². The van der Waals surface area contributed by atoms with Crippen LogP contribution in [0.15, 0.2) is 35.2 Å². The fraction of sp³-hybridized carbons (Fsp3) is 0. The van der Waals surface area contributed by atoms with Crippen molar-refractivity contribution in [2.75, 3.05) is 5.73 Å². The second-order valence-corrected chi connectivity index (χ2v) is 3.07. The van der Waals surface area contributed by atoms with Gasteiger partial charge >= 0.3 is 0 Å². The smallest absolute Gasteiger partial charge is 0.137 e. The monoisotopic (exact) mass is 176 g/mol. The van der Waals surface area contributed by atoms with Gasteiger partial charge in [-0.25, -0.2) is 4.98 Å². The van der Waals surface area contributed by atoms with Gasteiger partial charge in [0.2, 0.25) is 0 Å². The van der Waals surface area contributed by atoms with Gasteiger partial charge in [-0.2, -0.15) is 0 Å². The molecule has 0 radical (unpaired) electrons. The highest BCUT2D eigenvalue weighted by Gasteiger charge is 1.98. The molecular weight excluding hydrogens is 168 g/mol. The molecule has 0 fully saturated rings. The molecular formula is C9H8N2S. The van der Waals surface area contributed by atoms with Gasteiger partial charge in [0.15, 0.2) is 0 Å². The van der Waals surface area contributed by atoms with E-state index >= 15 is 0 Å². The van der Waals surface area contributed by atoms with Crippen molar-refractivity contribution in [1.29, 1.82) is 0 Å². The Morgan fingerprint density at radius 1 is 1.25 bits per heavy atom. The molecule has 0 aliphatic rings. The first-order valence-corrected chi connectivity index (χ1v) is 4.06. The molecule has 0 aliphatic heterocycles. The molecule has 3 heteroatoms. The largest absolute Gasteiger partial charge is 0.383 e. The van der Waals surface area contributed by atoms with Crippen molar-refractivity contribution < 1.29 is 0 Å². The van der Waals surface area contributed by atoms with Crippen molar-refractivity contribution in [3.8, 4) is 0 Å². The van der Waals surface area contributed by atoms with Crippen LogP contribution in [-0.4, -0.2) is 4.98 Å². The predicted octanol–water partition coefficient (Wildman–Crippen LogP) is 2.11. The summed E-state index contributed by atoms with van der Waals surface area (Å²) in [4.78, 5) is 4.91. The maximum absolute atomic E-state index is 5.60. The molecule has 0 spiro atoms. The molecule has 12 heavy (non-hydrogen) atoms. The summed E-state index contributed by atoms with van der Waals surface area (Å²) >= 11 is 4.19. The Kier molecular flexibility index (Phi) is 1.66. The number of para-hydroxylation sites is 1. The lowest BCUT2D eigenvalue weighted by Crippen LogP contribution is -1.91. The van der Waals surface area contributed by atoms with Crippen molar-refractivity contribution in [3.63, 3.8) is 0 Å². The molecule has 0 amide bonds. The molecule has 0 saturated carbocycles. The first-order valence-electron chi connectivity index (χ1n) is 3.61. The Labute approximate surface area is 75.8 Å². The molecule has 60 valence electrons. The highest BCUT2D eigenvalue weighted by atomic mass is 32.1. The van der Waals surface area contributed by atoms with E-state index in [2.05, 4.69) is 17.6 Å². The molecule has 2 aromatic rings. The molecule has 0 unspecified atom stereocenters. The lowest BCUT2D eigenvalue weighted by atomic mass is 10.2. The van der Waals surface area contributed by atoms with Crippen LogP contribution in [-0.2, 0) is 0 Å². The number of pyridine rings is 1. The summed E-state index contributed by atoms with van der Waals surface area (Å²) in [6.07, 6.45) is 0. The van der Waals surface area contributed by atoms with E-state index in [9.17, 15) is 0 Å². The predicted molar refractivity (Wildman–Crippen MR) is 53.4 cm³/mol. The SMILES string of the molecule is Nc1nc2ccccc2cc1S. The van der Waals surface area contributed by atoms with Crippen molar-refractivity contribution in [2.24, 2.45) is 0 Å². The highest BCUT2D eigenvalue weighted by Crippen LogP contribution is 2.20. The standard InChI is InChI=1S/C9H8N2S/c10-9-8(12)5-6-3-1-2-4-7(6)11-9/h1-5,12H,(H2,10,11). The number of anilines is 1. The number of hydrogen-bond donors (Lipinski definition) is 2. The van der Waals surface area contributed by atoms with E-state index in [0.717, 1.165) is 15.8 Å². The zero-order valence-electron chi connectivity index (χ0n) is 6.36. The zero-order valence-corrected chi connectivity index (χ0v) is 7.25. The van der Waals surface area contributed by atoms with Gasteiger partial charge in [-0.3, -0.25) is 0 Å². The average molecular weight is 176 g/mol. The Hall–Kier alpha value is -1.22. The molecule has 0 atom stereocenters. The van der Waals surface area contributed by atoms with E-state index in [0.29, 0.717) is 5.82 Å². The van der Waals surface area contributed by atoms with Crippen LogP contribution in [0.5, 0.6) is 0 Å². The number of thiol groups is 1. The van der Waals surface area contributed by atoms with Crippen LogP contribution in [0.4, 0.5) is 5.82 Å². The number of rotatable bonds is 0. The van der Waals surface area contributed by atoms with Crippen LogP contribution < -0.4 is 5.73 Å². The van der Waals surface area contributed by atoms with Crippen LogP contribution >= 0.6 is 12.6 Å². The lowest BCUT2D eigenvalue weighted by Gasteiger charge is -2.00. The molecule has 0 aliphatic carbocycles. The maximum Gasteiger partial charge on any atom is 0.137 e. The molecule has 0 bridgehead atoms. The number of nitrogens with zero attached hydrogens (tertiary/aromatic N) is 1. The number of aromatic nitrogens is 1. The minimum absolute atomic E-state index is 0.483. The van der Waals surface area contributed by atoms with E-state index in [1.807, 2.05) is 30.3 Å². The quantitative estimate of drug-likeness (QED) is 0.603. The number of nitrogens with two attached hydrogens (primary N) is 1. The number of nitrogen functional groups attached to an aromatic ring is 1. The van der Waals surface area contributed by atoms with Crippen molar-refractivity contribution in [3.05, 3.63) is 30.3 Å². The second-order valence-electron chi connectivity index (χ2n) is 2.59. The molecule has 0 saturated heterocycles. The second kappa shape index (κ2) is 2.68. The highest BCUT2D eigenvalue weighted by molar-refractivity contribution is 7.80. The number of fused-ring (bicyclic) bond motifs is 1. The van der Waals surface area contributed by atoms with E-state index in [1.54, 1.807) is 0 Å². The summed E-state index contributed by atoms with van der Waals surface area (Å²) in [5.41, 5.74) is 6.51. The van der Waals surface area contributed by atoms with E-state index in [4.69, 9.17) is 5.73 Å². The molecule has 1 aromatic heterocycles. The van der Waals surface area contributed by atoms with E-state index < -0.39 is 0 Å². The van der Waals surface area contributed by atoms with Crippen LogP contribution in [0.1, 0.15) is 0 Å². The van der Waals surface area contributed by atoms with Gasteiger partial charge in [0.05, 0.1) is 5.52 Å². The normalized spacial score (nSPS) is 10.4. The fourth-order valence-electron chi connectivity index (χ4n) is 1.12. The fourth-order valence-corrected chi connectivity index (χ4v) is 1.31. The summed E-state index contributed by atoms with van der Waals surface area (Å²) < 4.78 is 0. The maximum atomic E-state index is 5.60. The topological polar surface area (TPSA) is 38.9 Å². The molecule has 1 heterocycles. The zero-order chi connectivity index (χ0) is 8.55. The lowest BCUT2D eigenvalue weighted by molar-refractivity contribution is 1.32. The van der Waals surface area contributed by atoms with Gasteiger partial charge in [0, 0.05) is 10.3 Å². The van der Waals surface area contributed by atoms with Gasteiger partial charge in [0.25, 0.3) is 0 Å². The van der Waals surface area contributed by atoms with Crippen molar-refractivity contribution in [1.82, 2.24) is 4.98 Å². The Balaban J connectivity index is 2.84. The summed E-state index contributed by atoms with van der Waals surface area (Å²) in [6.45, 7) is 0. The van der Waals surface area contributed by atoms with Gasteiger partial charge in [-0.1, -0.05) is 18.2 Å². The summed E-state index contributed by atoms with van der Waals surface area (Å²) in [6, 6.07) is 9.74. The van der Waals surface area contributed by atoms with Crippen molar-refractivity contribution >= 4 is 29.3 Å². The van der Waals surface area contributed by atoms with Crippen LogP contribution in [0, 0.1) is 0 Å². The first-order chi connectivity index (χ1) is 5.77. The molecule has 1 aromatic carbocycles. The summed E-state index contributed by atoms with van der Waals surface area (Å²) in [5.74, 6) is 0.483. The summed E-state index contributed by atoms with van der Waals surface area (Å²) in [5, 5.41) is 1.07. The van der Waals surface area contributed by atoms with Crippen LogP contribution in [0.2, 0.25) is 0 Å². The number of benzene rings is 1. The average Bonchev–Trinajstić information content (AvgIpc) is 2.07. The Morgan fingerprint density at radius 3 is 2.83 bits per heavy atom.